The molecule has 0 bridgehead atoms. The molecular formula is C15H20N4O. The van der Waals surface area contributed by atoms with E-state index in [1.807, 2.05) is 4.90 Å². The normalized spacial score (nSPS) is 15.6. The van der Waals surface area contributed by atoms with Crippen LogP contribution < -0.4 is 5.32 Å². The molecule has 1 aliphatic rings. The first kappa shape index (κ1) is 14.3. The highest BCUT2D eigenvalue weighted by Crippen LogP contribution is 2.12. The number of pyridine rings is 1. The van der Waals surface area contributed by atoms with Gasteiger partial charge in [-0.3, -0.25) is 4.79 Å². The van der Waals surface area contributed by atoms with Crippen molar-refractivity contribution in [3.63, 3.8) is 0 Å². The average molecular weight is 272 g/mol. The SMILES string of the molecule is N#Cc1cccnc1NCCCN1CCCCCC1=O. The zero-order valence-electron chi connectivity index (χ0n) is 11.6. The van der Waals surface area contributed by atoms with Gasteiger partial charge in [0.1, 0.15) is 11.9 Å². The van der Waals surface area contributed by atoms with E-state index in [0.717, 1.165) is 45.3 Å². The first-order valence-electron chi connectivity index (χ1n) is 7.18. The van der Waals surface area contributed by atoms with Gasteiger partial charge in [-0.05, 0) is 31.4 Å². The van der Waals surface area contributed by atoms with Crippen LogP contribution in [0.5, 0.6) is 0 Å². The second kappa shape index (κ2) is 7.49. The van der Waals surface area contributed by atoms with Gasteiger partial charge in [0, 0.05) is 32.3 Å². The van der Waals surface area contributed by atoms with Crippen LogP contribution in [0.3, 0.4) is 0 Å². The van der Waals surface area contributed by atoms with Crippen molar-refractivity contribution < 1.29 is 4.79 Å². The topological polar surface area (TPSA) is 69.0 Å². The molecule has 5 heteroatoms. The van der Waals surface area contributed by atoms with Crippen LogP contribution >= 0.6 is 0 Å². The predicted octanol–water partition coefficient (Wildman–Crippen LogP) is 2.16. The lowest BCUT2D eigenvalue weighted by Gasteiger charge is -2.20. The number of likely N-dealkylation sites (tertiary alicyclic amines) is 1. The number of aromatic nitrogens is 1. The molecule has 0 atom stereocenters. The molecule has 1 aliphatic heterocycles. The average Bonchev–Trinajstić information content (AvgIpc) is 2.69. The molecule has 0 saturated carbocycles. The molecule has 106 valence electrons. The van der Waals surface area contributed by atoms with E-state index < -0.39 is 0 Å². The quantitative estimate of drug-likeness (QED) is 0.834. The lowest BCUT2D eigenvalue weighted by molar-refractivity contribution is -0.130. The predicted molar refractivity (Wildman–Crippen MR) is 77.1 cm³/mol. The third-order valence-electron chi connectivity index (χ3n) is 3.50. The van der Waals surface area contributed by atoms with E-state index in [0.29, 0.717) is 17.8 Å². The third kappa shape index (κ3) is 3.95. The van der Waals surface area contributed by atoms with Gasteiger partial charge >= 0.3 is 0 Å². The molecule has 1 N–H and O–H groups in total. The molecule has 20 heavy (non-hydrogen) atoms. The molecule has 1 amide bonds. The maximum absolute atomic E-state index is 11.8. The summed E-state index contributed by atoms with van der Waals surface area (Å²) in [7, 11) is 0. The molecule has 0 aromatic carbocycles. The van der Waals surface area contributed by atoms with E-state index >= 15 is 0 Å². The van der Waals surface area contributed by atoms with Crippen LogP contribution in [0, 0.1) is 11.3 Å². The summed E-state index contributed by atoms with van der Waals surface area (Å²) in [5, 5.41) is 12.1. The lowest BCUT2D eigenvalue weighted by Crippen LogP contribution is -2.32. The van der Waals surface area contributed by atoms with Gasteiger partial charge in [0.2, 0.25) is 5.91 Å². The van der Waals surface area contributed by atoms with Crippen molar-refractivity contribution >= 4 is 11.7 Å². The van der Waals surface area contributed by atoms with Gasteiger partial charge in [0.05, 0.1) is 5.56 Å². The summed E-state index contributed by atoms with van der Waals surface area (Å²) < 4.78 is 0. The van der Waals surface area contributed by atoms with Gasteiger partial charge in [-0.15, -0.1) is 0 Å². The second-order valence-corrected chi connectivity index (χ2v) is 4.98. The Kier molecular flexibility index (Phi) is 5.36. The zero-order chi connectivity index (χ0) is 14.2. The zero-order valence-corrected chi connectivity index (χ0v) is 11.6. The fraction of sp³-hybridized carbons (Fsp3) is 0.533. The summed E-state index contributed by atoms with van der Waals surface area (Å²) in [6.45, 7) is 2.38. The standard InChI is InChI=1S/C15H20N4O/c16-12-13-6-4-8-17-15(13)18-9-5-11-19-10-3-1-2-7-14(19)20/h4,6,8H,1-3,5,7,9-11H2,(H,17,18). The summed E-state index contributed by atoms with van der Waals surface area (Å²) in [6.07, 6.45) is 6.51. The molecule has 1 saturated heterocycles. The highest BCUT2D eigenvalue weighted by molar-refractivity contribution is 5.76. The van der Waals surface area contributed by atoms with Crippen LogP contribution in [-0.2, 0) is 4.79 Å². The van der Waals surface area contributed by atoms with Crippen LogP contribution in [0.15, 0.2) is 18.3 Å². The Bertz CT molecular complexity index is 495. The van der Waals surface area contributed by atoms with Crippen LogP contribution in [0.1, 0.15) is 37.7 Å². The molecule has 0 radical (unpaired) electrons. The number of nitriles is 1. The van der Waals surface area contributed by atoms with E-state index in [1.54, 1.807) is 18.3 Å². The van der Waals surface area contributed by atoms with Crippen molar-refractivity contribution in [1.29, 1.82) is 5.26 Å². The summed E-state index contributed by atoms with van der Waals surface area (Å²) in [5.74, 6) is 0.898. The highest BCUT2D eigenvalue weighted by Gasteiger charge is 2.15. The second-order valence-electron chi connectivity index (χ2n) is 4.98. The summed E-state index contributed by atoms with van der Waals surface area (Å²) in [6, 6.07) is 5.60. The van der Waals surface area contributed by atoms with Crippen molar-refractivity contribution in [1.82, 2.24) is 9.88 Å². The fourth-order valence-corrected chi connectivity index (χ4v) is 2.39. The summed E-state index contributed by atoms with van der Waals surface area (Å²) in [4.78, 5) is 17.9. The molecule has 1 fully saturated rings. The molecule has 1 aromatic rings. The van der Waals surface area contributed by atoms with E-state index in [9.17, 15) is 4.79 Å². The number of nitrogens with zero attached hydrogens (tertiary/aromatic N) is 3. The van der Waals surface area contributed by atoms with Crippen molar-refractivity contribution in [2.75, 3.05) is 25.0 Å². The first-order chi connectivity index (χ1) is 9.81. The molecule has 0 unspecified atom stereocenters. The minimum absolute atomic E-state index is 0.276. The monoisotopic (exact) mass is 272 g/mol. The van der Waals surface area contributed by atoms with Crippen LogP contribution in [-0.4, -0.2) is 35.4 Å². The lowest BCUT2D eigenvalue weighted by atomic mass is 10.2. The van der Waals surface area contributed by atoms with E-state index in [2.05, 4.69) is 16.4 Å². The maximum atomic E-state index is 11.8. The van der Waals surface area contributed by atoms with Crippen LogP contribution in [0.4, 0.5) is 5.82 Å². The number of hydrogen-bond acceptors (Lipinski definition) is 4. The largest absolute Gasteiger partial charge is 0.369 e. The number of amides is 1. The molecule has 2 heterocycles. The minimum atomic E-state index is 0.276. The molecule has 0 aliphatic carbocycles. The van der Waals surface area contributed by atoms with Crippen molar-refractivity contribution in [3.05, 3.63) is 23.9 Å². The Morgan fingerprint density at radius 3 is 3.15 bits per heavy atom. The fourth-order valence-electron chi connectivity index (χ4n) is 2.39. The molecule has 2 rings (SSSR count). The van der Waals surface area contributed by atoms with Crippen molar-refractivity contribution in [3.8, 4) is 6.07 Å². The number of hydrogen-bond donors (Lipinski definition) is 1. The summed E-state index contributed by atoms with van der Waals surface area (Å²) >= 11 is 0. The molecule has 1 aromatic heterocycles. The smallest absolute Gasteiger partial charge is 0.222 e. The molecule has 5 nitrogen and oxygen atoms in total. The van der Waals surface area contributed by atoms with Gasteiger partial charge in [-0.25, -0.2) is 4.98 Å². The number of carbonyl (C=O) groups is 1. The Morgan fingerprint density at radius 1 is 1.40 bits per heavy atom. The van der Waals surface area contributed by atoms with E-state index in [1.165, 1.54) is 0 Å². The number of carbonyl (C=O) groups excluding carboxylic acids is 1. The summed E-state index contributed by atoms with van der Waals surface area (Å²) in [5.41, 5.74) is 0.554. The molecular weight excluding hydrogens is 252 g/mol. The Labute approximate surface area is 119 Å². The highest BCUT2D eigenvalue weighted by atomic mass is 16.2. The van der Waals surface area contributed by atoms with Crippen molar-refractivity contribution in [2.24, 2.45) is 0 Å². The Balaban J connectivity index is 1.76. The van der Waals surface area contributed by atoms with E-state index in [-0.39, 0.29) is 5.91 Å². The van der Waals surface area contributed by atoms with Crippen molar-refractivity contribution in [2.45, 2.75) is 32.1 Å². The number of nitrogens with one attached hydrogen (secondary N) is 1. The van der Waals surface area contributed by atoms with Crippen LogP contribution in [0.25, 0.3) is 0 Å². The van der Waals surface area contributed by atoms with Gasteiger partial charge in [-0.1, -0.05) is 6.42 Å². The maximum Gasteiger partial charge on any atom is 0.222 e. The third-order valence-corrected chi connectivity index (χ3v) is 3.50. The first-order valence-corrected chi connectivity index (χ1v) is 7.18. The van der Waals surface area contributed by atoms with Gasteiger partial charge in [-0.2, -0.15) is 5.26 Å². The molecule has 0 spiro atoms. The number of rotatable bonds is 5. The van der Waals surface area contributed by atoms with Gasteiger partial charge in [0.15, 0.2) is 0 Å². The Hall–Kier alpha value is -2.09. The Morgan fingerprint density at radius 2 is 2.30 bits per heavy atom. The van der Waals surface area contributed by atoms with Crippen LogP contribution in [0.2, 0.25) is 0 Å². The van der Waals surface area contributed by atoms with E-state index in [4.69, 9.17) is 5.26 Å². The number of anilines is 1. The van der Waals surface area contributed by atoms with Gasteiger partial charge in [0.25, 0.3) is 0 Å². The van der Waals surface area contributed by atoms with Gasteiger partial charge < -0.3 is 10.2 Å². The minimum Gasteiger partial charge on any atom is -0.369 e.